The standard InChI is InChI=1S/C21H29NO2/c1-20(2,3)18(23-16-17-11-7-6-8-12-17)15-21(4,5)24-19-13-9-10-14-22-19/h6-14,18H,15-16H2,1-5H3. The van der Waals surface area contributed by atoms with Gasteiger partial charge in [0.2, 0.25) is 5.88 Å². The number of benzene rings is 1. The monoisotopic (exact) mass is 327 g/mol. The molecule has 1 atom stereocenters. The maximum absolute atomic E-state index is 6.27. The first-order valence-corrected chi connectivity index (χ1v) is 8.52. The minimum Gasteiger partial charge on any atom is -0.472 e. The van der Waals surface area contributed by atoms with Crippen LogP contribution in [0.4, 0.5) is 0 Å². The molecular formula is C21H29NO2. The van der Waals surface area contributed by atoms with Crippen molar-refractivity contribution in [3.63, 3.8) is 0 Å². The predicted octanol–water partition coefficient (Wildman–Crippen LogP) is 5.26. The summed E-state index contributed by atoms with van der Waals surface area (Å²) in [5, 5.41) is 0. The number of hydrogen-bond donors (Lipinski definition) is 0. The zero-order chi connectivity index (χ0) is 17.6. The van der Waals surface area contributed by atoms with Crippen LogP contribution in [-0.2, 0) is 11.3 Å². The molecule has 0 radical (unpaired) electrons. The van der Waals surface area contributed by atoms with E-state index in [-0.39, 0.29) is 17.1 Å². The highest BCUT2D eigenvalue weighted by Crippen LogP contribution is 2.32. The average Bonchev–Trinajstić information content (AvgIpc) is 2.52. The number of ether oxygens (including phenoxy) is 2. The maximum Gasteiger partial charge on any atom is 0.213 e. The normalized spacial score (nSPS) is 13.5. The van der Waals surface area contributed by atoms with Crippen LogP contribution in [0, 0.1) is 5.41 Å². The lowest BCUT2D eigenvalue weighted by atomic mass is 9.82. The zero-order valence-electron chi connectivity index (χ0n) is 15.5. The van der Waals surface area contributed by atoms with E-state index in [0.717, 1.165) is 6.42 Å². The fraction of sp³-hybridized carbons (Fsp3) is 0.476. The van der Waals surface area contributed by atoms with Crippen LogP contribution in [0.15, 0.2) is 54.7 Å². The van der Waals surface area contributed by atoms with Gasteiger partial charge in [-0.15, -0.1) is 0 Å². The quantitative estimate of drug-likeness (QED) is 0.695. The van der Waals surface area contributed by atoms with Crippen LogP contribution in [0.5, 0.6) is 5.88 Å². The van der Waals surface area contributed by atoms with Crippen LogP contribution in [0.1, 0.15) is 46.6 Å². The lowest BCUT2D eigenvalue weighted by Gasteiger charge is -2.37. The summed E-state index contributed by atoms with van der Waals surface area (Å²) in [6.07, 6.45) is 2.62. The molecule has 0 amide bonds. The van der Waals surface area contributed by atoms with Gasteiger partial charge in [-0.1, -0.05) is 57.2 Å². The summed E-state index contributed by atoms with van der Waals surface area (Å²) in [5.41, 5.74) is 0.859. The molecule has 130 valence electrons. The molecule has 3 heteroatoms. The second-order valence-corrected chi connectivity index (χ2v) is 7.89. The molecule has 0 saturated carbocycles. The number of hydrogen-bond acceptors (Lipinski definition) is 3. The summed E-state index contributed by atoms with van der Waals surface area (Å²) in [6.45, 7) is 11.4. The second kappa shape index (κ2) is 7.80. The van der Waals surface area contributed by atoms with Gasteiger partial charge in [0, 0.05) is 18.7 Å². The molecule has 1 heterocycles. The topological polar surface area (TPSA) is 31.4 Å². The third kappa shape index (κ3) is 5.97. The number of nitrogens with zero attached hydrogens (tertiary/aromatic N) is 1. The summed E-state index contributed by atoms with van der Waals surface area (Å²) >= 11 is 0. The lowest BCUT2D eigenvalue weighted by Crippen LogP contribution is -2.40. The Morgan fingerprint density at radius 1 is 0.917 bits per heavy atom. The SMILES string of the molecule is CC(C)(CC(OCc1ccccc1)C(C)(C)C)Oc1ccccn1. The largest absolute Gasteiger partial charge is 0.472 e. The highest BCUT2D eigenvalue weighted by atomic mass is 16.5. The van der Waals surface area contributed by atoms with E-state index in [0.29, 0.717) is 12.5 Å². The molecule has 3 nitrogen and oxygen atoms in total. The van der Waals surface area contributed by atoms with Gasteiger partial charge >= 0.3 is 0 Å². The van der Waals surface area contributed by atoms with E-state index in [2.05, 4.69) is 51.7 Å². The zero-order valence-corrected chi connectivity index (χ0v) is 15.5. The van der Waals surface area contributed by atoms with E-state index in [4.69, 9.17) is 9.47 Å². The first-order chi connectivity index (χ1) is 11.3. The molecule has 0 aliphatic carbocycles. The lowest BCUT2D eigenvalue weighted by molar-refractivity contribution is -0.0692. The molecule has 0 N–H and O–H groups in total. The van der Waals surface area contributed by atoms with Crippen LogP contribution >= 0.6 is 0 Å². The van der Waals surface area contributed by atoms with E-state index in [1.54, 1.807) is 6.20 Å². The summed E-state index contributed by atoms with van der Waals surface area (Å²) in [5.74, 6) is 0.651. The molecular weight excluding hydrogens is 298 g/mol. The Balaban J connectivity index is 2.02. The molecule has 2 aromatic rings. The number of pyridine rings is 1. The van der Waals surface area contributed by atoms with Gasteiger partial charge in [-0.2, -0.15) is 0 Å². The van der Waals surface area contributed by atoms with Gasteiger partial charge in [0.15, 0.2) is 0 Å². The third-order valence-electron chi connectivity index (χ3n) is 3.96. The molecule has 1 aromatic carbocycles. The Morgan fingerprint density at radius 2 is 1.58 bits per heavy atom. The van der Waals surface area contributed by atoms with E-state index < -0.39 is 0 Å². The third-order valence-corrected chi connectivity index (χ3v) is 3.96. The van der Waals surface area contributed by atoms with Gasteiger partial charge in [-0.3, -0.25) is 0 Å². The molecule has 0 aliphatic rings. The molecule has 2 rings (SSSR count). The molecule has 0 aliphatic heterocycles. The van der Waals surface area contributed by atoms with Crippen LogP contribution in [0.3, 0.4) is 0 Å². The molecule has 24 heavy (non-hydrogen) atoms. The van der Waals surface area contributed by atoms with Crippen molar-refractivity contribution < 1.29 is 9.47 Å². The average molecular weight is 327 g/mol. The first-order valence-electron chi connectivity index (χ1n) is 8.52. The van der Waals surface area contributed by atoms with Crippen molar-refractivity contribution in [3.05, 3.63) is 60.3 Å². The van der Waals surface area contributed by atoms with Gasteiger partial charge < -0.3 is 9.47 Å². The van der Waals surface area contributed by atoms with Crippen molar-refractivity contribution in [2.24, 2.45) is 5.41 Å². The Labute approximate surface area is 146 Å². The summed E-state index contributed by atoms with van der Waals surface area (Å²) in [4.78, 5) is 4.26. The van der Waals surface area contributed by atoms with Gasteiger partial charge in [0.25, 0.3) is 0 Å². The van der Waals surface area contributed by atoms with Crippen LogP contribution in [0.25, 0.3) is 0 Å². The van der Waals surface area contributed by atoms with Crippen LogP contribution < -0.4 is 4.74 Å². The molecule has 0 bridgehead atoms. The van der Waals surface area contributed by atoms with Crippen molar-refractivity contribution in [1.82, 2.24) is 4.98 Å². The molecule has 0 fully saturated rings. The second-order valence-electron chi connectivity index (χ2n) is 7.89. The summed E-state index contributed by atoms with van der Waals surface area (Å²) < 4.78 is 12.4. The maximum atomic E-state index is 6.27. The van der Waals surface area contributed by atoms with E-state index >= 15 is 0 Å². The molecule has 1 aromatic heterocycles. The Morgan fingerprint density at radius 3 is 2.17 bits per heavy atom. The summed E-state index contributed by atoms with van der Waals surface area (Å²) in [6, 6.07) is 16.0. The minimum absolute atomic E-state index is 0.0273. The Bertz CT molecular complexity index is 603. The molecule has 0 saturated heterocycles. The van der Waals surface area contributed by atoms with Gasteiger partial charge in [0.05, 0.1) is 12.7 Å². The van der Waals surface area contributed by atoms with Crippen molar-refractivity contribution >= 4 is 0 Å². The fourth-order valence-corrected chi connectivity index (χ4v) is 2.56. The first kappa shape index (κ1) is 18.5. The Hall–Kier alpha value is -1.87. The predicted molar refractivity (Wildman–Crippen MR) is 98.0 cm³/mol. The molecule has 1 unspecified atom stereocenters. The highest BCUT2D eigenvalue weighted by Gasteiger charge is 2.33. The van der Waals surface area contributed by atoms with E-state index in [1.165, 1.54) is 5.56 Å². The van der Waals surface area contributed by atoms with Gasteiger partial charge in [0.1, 0.15) is 5.60 Å². The van der Waals surface area contributed by atoms with Crippen molar-refractivity contribution in [2.45, 2.75) is 59.4 Å². The van der Waals surface area contributed by atoms with Gasteiger partial charge in [-0.25, -0.2) is 4.98 Å². The fourth-order valence-electron chi connectivity index (χ4n) is 2.56. The Kier molecular flexibility index (Phi) is 6.00. The van der Waals surface area contributed by atoms with E-state index in [9.17, 15) is 0 Å². The van der Waals surface area contributed by atoms with Crippen molar-refractivity contribution in [1.29, 1.82) is 0 Å². The molecule has 0 spiro atoms. The smallest absolute Gasteiger partial charge is 0.213 e. The number of aromatic nitrogens is 1. The minimum atomic E-state index is -0.358. The summed E-state index contributed by atoms with van der Waals surface area (Å²) in [7, 11) is 0. The van der Waals surface area contributed by atoms with E-state index in [1.807, 2.05) is 36.4 Å². The van der Waals surface area contributed by atoms with Crippen molar-refractivity contribution in [3.8, 4) is 5.88 Å². The number of rotatable bonds is 7. The van der Waals surface area contributed by atoms with Gasteiger partial charge in [-0.05, 0) is 30.9 Å². The van der Waals surface area contributed by atoms with Crippen molar-refractivity contribution in [2.75, 3.05) is 0 Å². The van der Waals surface area contributed by atoms with Crippen LogP contribution in [0.2, 0.25) is 0 Å². The highest BCUT2D eigenvalue weighted by molar-refractivity contribution is 5.13. The van der Waals surface area contributed by atoms with Crippen LogP contribution in [-0.4, -0.2) is 16.7 Å².